The Bertz CT molecular complexity index is 237. The molecular formula is C11H20O3. The molecule has 0 aromatic heterocycles. The molecule has 0 spiro atoms. The molecule has 82 valence electrons. The van der Waals surface area contributed by atoms with Crippen molar-refractivity contribution in [1.29, 1.82) is 0 Å². The van der Waals surface area contributed by atoms with E-state index in [-0.39, 0.29) is 11.6 Å². The van der Waals surface area contributed by atoms with Gasteiger partial charge >= 0.3 is 5.97 Å². The number of ether oxygens (including phenoxy) is 2. The molecule has 1 aliphatic rings. The lowest BCUT2D eigenvalue weighted by Gasteiger charge is -2.19. The smallest absolute Gasteiger partial charge is 0.341 e. The second kappa shape index (κ2) is 3.54. The first-order valence-electron chi connectivity index (χ1n) is 5.29. The van der Waals surface area contributed by atoms with Gasteiger partial charge in [-0.1, -0.05) is 27.7 Å². The number of hydrogen-bond donors (Lipinski definition) is 0. The van der Waals surface area contributed by atoms with Gasteiger partial charge in [0.2, 0.25) is 0 Å². The first-order chi connectivity index (χ1) is 6.50. The standard InChI is InChI=1S/C11H20O3/c1-6-10(8(3)4)11(7-2,14-10)9(12)13-5/h8H,6-7H2,1-5H3. The minimum Gasteiger partial charge on any atom is -0.467 e. The monoisotopic (exact) mass is 200 g/mol. The molecule has 2 atom stereocenters. The lowest BCUT2D eigenvalue weighted by atomic mass is 9.80. The summed E-state index contributed by atoms with van der Waals surface area (Å²) in [7, 11) is 1.42. The molecule has 1 fully saturated rings. The van der Waals surface area contributed by atoms with Gasteiger partial charge < -0.3 is 9.47 Å². The molecule has 0 amide bonds. The third-order valence-electron chi connectivity index (χ3n) is 3.47. The minimum atomic E-state index is -0.676. The Labute approximate surface area is 85.8 Å². The van der Waals surface area contributed by atoms with Crippen LogP contribution in [0.5, 0.6) is 0 Å². The predicted octanol–water partition coefficient (Wildman–Crippen LogP) is 2.14. The highest BCUT2D eigenvalue weighted by atomic mass is 16.7. The van der Waals surface area contributed by atoms with Crippen LogP contribution >= 0.6 is 0 Å². The van der Waals surface area contributed by atoms with Gasteiger partial charge in [-0.3, -0.25) is 0 Å². The number of methoxy groups -OCH3 is 1. The molecule has 1 heterocycles. The van der Waals surface area contributed by atoms with E-state index in [1.165, 1.54) is 7.11 Å². The summed E-state index contributed by atoms with van der Waals surface area (Å²) in [5.41, 5.74) is -0.973. The Kier molecular flexibility index (Phi) is 2.91. The van der Waals surface area contributed by atoms with E-state index in [1.807, 2.05) is 6.92 Å². The first kappa shape index (κ1) is 11.5. The van der Waals surface area contributed by atoms with Crippen LogP contribution < -0.4 is 0 Å². The van der Waals surface area contributed by atoms with Crippen molar-refractivity contribution >= 4 is 5.97 Å². The lowest BCUT2D eigenvalue weighted by Crippen LogP contribution is -2.37. The molecule has 0 aromatic rings. The maximum absolute atomic E-state index is 11.7. The zero-order valence-corrected chi connectivity index (χ0v) is 9.72. The number of hydrogen-bond acceptors (Lipinski definition) is 3. The van der Waals surface area contributed by atoms with Crippen molar-refractivity contribution in [2.75, 3.05) is 7.11 Å². The Morgan fingerprint density at radius 2 is 1.93 bits per heavy atom. The van der Waals surface area contributed by atoms with Gasteiger partial charge in [0.05, 0.1) is 7.11 Å². The second-order valence-electron chi connectivity index (χ2n) is 4.17. The molecule has 3 heteroatoms. The summed E-state index contributed by atoms with van der Waals surface area (Å²) in [5.74, 6) is 0.113. The zero-order valence-electron chi connectivity index (χ0n) is 9.72. The molecule has 14 heavy (non-hydrogen) atoms. The maximum Gasteiger partial charge on any atom is 0.341 e. The fraction of sp³-hybridized carbons (Fsp3) is 0.909. The molecule has 0 N–H and O–H groups in total. The van der Waals surface area contributed by atoms with Crippen LogP contribution in [-0.4, -0.2) is 24.3 Å². The topological polar surface area (TPSA) is 38.8 Å². The van der Waals surface area contributed by atoms with Crippen LogP contribution in [0.2, 0.25) is 0 Å². The molecular weight excluding hydrogens is 180 g/mol. The van der Waals surface area contributed by atoms with Gasteiger partial charge in [0, 0.05) is 0 Å². The SMILES string of the molecule is CCC1(C(=O)OC)OC1(CC)C(C)C. The molecule has 1 aliphatic heterocycles. The predicted molar refractivity (Wildman–Crippen MR) is 54.0 cm³/mol. The Morgan fingerprint density at radius 1 is 1.36 bits per heavy atom. The lowest BCUT2D eigenvalue weighted by molar-refractivity contribution is -0.147. The van der Waals surface area contributed by atoms with Crippen molar-refractivity contribution in [2.24, 2.45) is 5.92 Å². The van der Waals surface area contributed by atoms with Gasteiger partial charge in [-0.15, -0.1) is 0 Å². The highest BCUT2D eigenvalue weighted by Gasteiger charge is 2.74. The molecule has 1 rings (SSSR count). The quantitative estimate of drug-likeness (QED) is 0.515. The van der Waals surface area contributed by atoms with Gasteiger partial charge in [-0.2, -0.15) is 0 Å². The van der Waals surface area contributed by atoms with Gasteiger partial charge in [0.15, 0.2) is 5.60 Å². The average molecular weight is 200 g/mol. The highest BCUT2D eigenvalue weighted by Crippen LogP contribution is 2.57. The molecule has 0 aliphatic carbocycles. The summed E-state index contributed by atoms with van der Waals surface area (Å²) < 4.78 is 10.5. The molecule has 0 bridgehead atoms. The van der Waals surface area contributed by atoms with Gasteiger partial charge in [-0.05, 0) is 18.8 Å². The maximum atomic E-state index is 11.7. The van der Waals surface area contributed by atoms with E-state index in [0.717, 1.165) is 6.42 Å². The molecule has 0 aromatic carbocycles. The van der Waals surface area contributed by atoms with Crippen molar-refractivity contribution in [3.63, 3.8) is 0 Å². The first-order valence-corrected chi connectivity index (χ1v) is 5.29. The molecule has 2 unspecified atom stereocenters. The van der Waals surface area contributed by atoms with Crippen LogP contribution in [0.3, 0.4) is 0 Å². The van der Waals surface area contributed by atoms with Gasteiger partial charge in [0.1, 0.15) is 5.60 Å². The van der Waals surface area contributed by atoms with Crippen LogP contribution in [-0.2, 0) is 14.3 Å². The Balaban J connectivity index is 2.93. The number of esters is 1. The number of rotatable bonds is 4. The molecule has 3 nitrogen and oxygen atoms in total. The van der Waals surface area contributed by atoms with E-state index in [1.54, 1.807) is 0 Å². The molecule has 1 saturated heterocycles. The van der Waals surface area contributed by atoms with Gasteiger partial charge in [-0.25, -0.2) is 4.79 Å². The van der Waals surface area contributed by atoms with E-state index >= 15 is 0 Å². The normalized spacial score (nSPS) is 35.9. The van der Waals surface area contributed by atoms with E-state index < -0.39 is 5.60 Å². The van der Waals surface area contributed by atoms with E-state index in [4.69, 9.17) is 9.47 Å². The van der Waals surface area contributed by atoms with Crippen molar-refractivity contribution < 1.29 is 14.3 Å². The van der Waals surface area contributed by atoms with Crippen molar-refractivity contribution in [3.05, 3.63) is 0 Å². The second-order valence-corrected chi connectivity index (χ2v) is 4.17. The number of carbonyl (C=O) groups is 1. The summed E-state index contributed by atoms with van der Waals surface area (Å²) in [5, 5.41) is 0. The van der Waals surface area contributed by atoms with E-state index in [2.05, 4.69) is 20.8 Å². The van der Waals surface area contributed by atoms with Crippen LogP contribution in [0.15, 0.2) is 0 Å². The van der Waals surface area contributed by atoms with E-state index in [9.17, 15) is 4.79 Å². The van der Waals surface area contributed by atoms with Crippen LogP contribution in [0.1, 0.15) is 40.5 Å². The van der Waals surface area contributed by atoms with Crippen molar-refractivity contribution in [1.82, 2.24) is 0 Å². The average Bonchev–Trinajstić information content (AvgIpc) is 2.88. The fourth-order valence-corrected chi connectivity index (χ4v) is 2.53. The summed E-state index contributed by atoms with van der Waals surface area (Å²) in [6.45, 7) is 8.20. The fourth-order valence-electron chi connectivity index (χ4n) is 2.53. The zero-order chi connectivity index (χ0) is 11.0. The number of epoxide rings is 1. The third-order valence-corrected chi connectivity index (χ3v) is 3.47. The summed E-state index contributed by atoms with van der Waals surface area (Å²) in [6, 6.07) is 0. The largest absolute Gasteiger partial charge is 0.467 e. The van der Waals surface area contributed by atoms with Crippen molar-refractivity contribution in [3.8, 4) is 0 Å². The van der Waals surface area contributed by atoms with Crippen LogP contribution in [0, 0.1) is 5.92 Å². The van der Waals surface area contributed by atoms with Crippen LogP contribution in [0.25, 0.3) is 0 Å². The third kappa shape index (κ3) is 1.18. The summed E-state index contributed by atoms with van der Waals surface area (Å²) >= 11 is 0. The van der Waals surface area contributed by atoms with E-state index in [0.29, 0.717) is 12.3 Å². The Hall–Kier alpha value is -0.570. The highest BCUT2D eigenvalue weighted by molar-refractivity contribution is 5.84. The summed E-state index contributed by atoms with van der Waals surface area (Å²) in [4.78, 5) is 11.7. The Morgan fingerprint density at radius 3 is 2.14 bits per heavy atom. The molecule has 0 radical (unpaired) electrons. The summed E-state index contributed by atoms with van der Waals surface area (Å²) in [6.07, 6.45) is 1.54. The van der Waals surface area contributed by atoms with Crippen LogP contribution in [0.4, 0.5) is 0 Å². The molecule has 0 saturated carbocycles. The van der Waals surface area contributed by atoms with Gasteiger partial charge in [0.25, 0.3) is 0 Å². The minimum absolute atomic E-state index is 0.226. The number of carbonyl (C=O) groups excluding carboxylic acids is 1. The van der Waals surface area contributed by atoms with Crippen molar-refractivity contribution in [2.45, 2.75) is 51.7 Å².